The van der Waals surface area contributed by atoms with Crippen LogP contribution in [0.4, 0.5) is 5.13 Å². The molecule has 186 valence electrons. The average Bonchev–Trinajstić information content (AvgIpc) is 3.24. The van der Waals surface area contributed by atoms with Crippen LogP contribution in [0.15, 0.2) is 65.0 Å². The van der Waals surface area contributed by atoms with Gasteiger partial charge in [0.1, 0.15) is 11.5 Å². The second kappa shape index (κ2) is 9.09. The van der Waals surface area contributed by atoms with Crippen LogP contribution in [0.2, 0.25) is 0 Å². The van der Waals surface area contributed by atoms with Gasteiger partial charge in [-0.1, -0.05) is 37.3 Å². The van der Waals surface area contributed by atoms with Gasteiger partial charge in [0.2, 0.25) is 0 Å². The van der Waals surface area contributed by atoms with Crippen LogP contribution < -0.4 is 20.1 Å². The molecule has 36 heavy (non-hydrogen) atoms. The lowest BCUT2D eigenvalue weighted by molar-refractivity contribution is -0.118. The molecule has 1 aromatic heterocycles. The van der Waals surface area contributed by atoms with E-state index >= 15 is 0 Å². The third-order valence-corrected chi connectivity index (χ3v) is 7.70. The number of hydrogen-bond donors (Lipinski definition) is 2. The molecule has 1 atom stereocenters. The van der Waals surface area contributed by atoms with E-state index in [0.29, 0.717) is 51.9 Å². The number of carbonyl (C=O) groups is 2. The minimum atomic E-state index is -0.607. The van der Waals surface area contributed by atoms with Gasteiger partial charge in [-0.15, -0.1) is 0 Å². The van der Waals surface area contributed by atoms with Crippen LogP contribution in [0.25, 0.3) is 10.2 Å². The minimum Gasteiger partial charge on any atom is -0.497 e. The van der Waals surface area contributed by atoms with Crippen molar-refractivity contribution in [3.05, 3.63) is 70.6 Å². The summed E-state index contributed by atoms with van der Waals surface area (Å²) in [4.78, 5) is 32.0. The van der Waals surface area contributed by atoms with Gasteiger partial charge in [-0.25, -0.2) is 4.98 Å². The van der Waals surface area contributed by atoms with E-state index in [1.165, 1.54) is 11.3 Å². The van der Waals surface area contributed by atoms with Gasteiger partial charge in [0, 0.05) is 34.5 Å². The van der Waals surface area contributed by atoms with E-state index in [4.69, 9.17) is 9.47 Å². The smallest absolute Gasteiger partial charge is 0.256 e. The number of Topliss-reactive ketones (excluding diaryl/α,β-unsaturated/α-hetero) is 1. The molecule has 2 aliphatic rings. The highest BCUT2D eigenvalue weighted by Gasteiger charge is 2.43. The summed E-state index contributed by atoms with van der Waals surface area (Å²) in [5.74, 6) is 0.327. The van der Waals surface area contributed by atoms with Crippen LogP contribution in [0.3, 0.4) is 0 Å². The molecule has 3 aromatic rings. The number of rotatable bonds is 5. The van der Waals surface area contributed by atoms with Crippen LogP contribution in [-0.2, 0) is 9.59 Å². The highest BCUT2D eigenvalue weighted by atomic mass is 32.1. The third-order valence-electron chi connectivity index (χ3n) is 6.75. The van der Waals surface area contributed by atoms with Crippen molar-refractivity contribution in [2.45, 2.75) is 39.5 Å². The standard InChI is InChI=1S/C28H29N3O4S/c1-15-23(26(33)31-27-30-18-8-6-7-9-22(18)36-27)24(17-12-16(34-4)10-11-21(17)35-5)25-19(29-15)13-28(2,3)14-20(25)32/h6-12,24,29H,13-14H2,1-5H3,(H,30,31,33). The van der Waals surface area contributed by atoms with Gasteiger partial charge in [0.25, 0.3) is 5.91 Å². The van der Waals surface area contributed by atoms with E-state index in [0.717, 1.165) is 15.9 Å². The summed E-state index contributed by atoms with van der Waals surface area (Å²) in [5, 5.41) is 6.90. The van der Waals surface area contributed by atoms with Crippen molar-refractivity contribution in [2.24, 2.45) is 5.41 Å². The van der Waals surface area contributed by atoms with Crippen LogP contribution in [0.1, 0.15) is 45.1 Å². The summed E-state index contributed by atoms with van der Waals surface area (Å²) in [5.41, 5.74) is 4.01. The lowest BCUT2D eigenvalue weighted by atomic mass is 9.68. The number of fused-ring (bicyclic) bond motifs is 1. The van der Waals surface area contributed by atoms with Crippen molar-refractivity contribution in [3.63, 3.8) is 0 Å². The second-order valence-electron chi connectivity index (χ2n) is 9.98. The minimum absolute atomic E-state index is 0.0291. The molecule has 0 bridgehead atoms. The molecule has 2 heterocycles. The largest absolute Gasteiger partial charge is 0.497 e. The molecule has 0 spiro atoms. The van der Waals surface area contributed by atoms with E-state index in [1.807, 2.05) is 49.4 Å². The number of amides is 1. The lowest BCUT2D eigenvalue weighted by Crippen LogP contribution is -2.39. The summed E-state index contributed by atoms with van der Waals surface area (Å²) in [6, 6.07) is 13.2. The summed E-state index contributed by atoms with van der Waals surface area (Å²) in [7, 11) is 3.18. The molecule has 0 saturated heterocycles. The quantitative estimate of drug-likeness (QED) is 0.474. The number of ether oxygens (including phenoxy) is 2. The lowest BCUT2D eigenvalue weighted by Gasteiger charge is -2.39. The average molecular weight is 504 g/mol. The van der Waals surface area contributed by atoms with E-state index < -0.39 is 5.92 Å². The molecule has 0 radical (unpaired) electrons. The molecule has 2 aromatic carbocycles. The van der Waals surface area contributed by atoms with Crippen molar-refractivity contribution in [2.75, 3.05) is 19.5 Å². The van der Waals surface area contributed by atoms with Crippen molar-refractivity contribution in [3.8, 4) is 11.5 Å². The van der Waals surface area contributed by atoms with Gasteiger partial charge < -0.3 is 14.8 Å². The molecule has 2 N–H and O–H groups in total. The van der Waals surface area contributed by atoms with Gasteiger partial charge in [0.15, 0.2) is 10.9 Å². The molecule has 1 aliphatic carbocycles. The number of nitrogens with zero attached hydrogens (tertiary/aromatic N) is 1. The van der Waals surface area contributed by atoms with Crippen LogP contribution in [0.5, 0.6) is 11.5 Å². The second-order valence-corrected chi connectivity index (χ2v) is 11.0. The van der Waals surface area contributed by atoms with Crippen molar-refractivity contribution in [1.29, 1.82) is 0 Å². The number of methoxy groups -OCH3 is 2. The summed E-state index contributed by atoms with van der Waals surface area (Å²) < 4.78 is 12.2. The fourth-order valence-electron chi connectivity index (χ4n) is 5.20. The van der Waals surface area contributed by atoms with Gasteiger partial charge in [-0.05, 0) is 49.1 Å². The Kier molecular flexibility index (Phi) is 6.08. The van der Waals surface area contributed by atoms with Crippen molar-refractivity contribution < 1.29 is 19.1 Å². The Bertz CT molecular complexity index is 1420. The number of carbonyl (C=O) groups excluding carboxylic acids is 2. The monoisotopic (exact) mass is 503 g/mol. The van der Waals surface area contributed by atoms with E-state index in [-0.39, 0.29) is 17.1 Å². The normalized spacial score (nSPS) is 19.1. The first-order valence-corrected chi connectivity index (χ1v) is 12.7. The van der Waals surface area contributed by atoms with Gasteiger partial charge in [-0.2, -0.15) is 0 Å². The maximum atomic E-state index is 13.9. The first-order valence-electron chi connectivity index (χ1n) is 11.8. The number of benzene rings is 2. The topological polar surface area (TPSA) is 89.6 Å². The van der Waals surface area contributed by atoms with Crippen LogP contribution in [0, 0.1) is 5.41 Å². The molecule has 1 aliphatic heterocycles. The molecule has 1 amide bonds. The third kappa shape index (κ3) is 4.26. The van der Waals surface area contributed by atoms with E-state index in [1.54, 1.807) is 14.2 Å². The zero-order valence-electron chi connectivity index (χ0n) is 21.0. The number of aromatic nitrogens is 1. The molecule has 1 unspecified atom stereocenters. The van der Waals surface area contributed by atoms with Crippen LogP contribution >= 0.6 is 11.3 Å². The Morgan fingerprint density at radius 3 is 2.64 bits per heavy atom. The Morgan fingerprint density at radius 1 is 1.14 bits per heavy atom. The van der Waals surface area contributed by atoms with Crippen molar-refractivity contribution in [1.82, 2.24) is 10.3 Å². The fourth-order valence-corrected chi connectivity index (χ4v) is 6.06. The predicted octanol–water partition coefficient (Wildman–Crippen LogP) is 5.56. The predicted molar refractivity (Wildman–Crippen MR) is 141 cm³/mol. The van der Waals surface area contributed by atoms with Crippen LogP contribution in [-0.4, -0.2) is 30.9 Å². The number of anilines is 1. The number of hydrogen-bond acceptors (Lipinski definition) is 7. The Balaban J connectivity index is 1.64. The molecule has 5 rings (SSSR count). The molecule has 0 fully saturated rings. The number of para-hydroxylation sites is 1. The molecule has 8 heteroatoms. The van der Waals surface area contributed by atoms with Gasteiger partial charge in [-0.3, -0.25) is 14.9 Å². The zero-order valence-corrected chi connectivity index (χ0v) is 21.8. The van der Waals surface area contributed by atoms with E-state index in [9.17, 15) is 9.59 Å². The first-order chi connectivity index (χ1) is 17.2. The SMILES string of the molecule is COc1ccc(OC)c(C2C(C(=O)Nc3nc4ccccc4s3)=C(C)NC3=C2C(=O)CC(C)(C)C3)c1. The number of thiazole rings is 1. The molecular weight excluding hydrogens is 474 g/mol. The van der Waals surface area contributed by atoms with Gasteiger partial charge in [0.05, 0.1) is 30.4 Å². The number of nitrogens with one attached hydrogen (secondary N) is 2. The molecular formula is C28H29N3O4S. The molecule has 0 saturated carbocycles. The summed E-state index contributed by atoms with van der Waals surface area (Å²) in [6.45, 7) is 6.06. The Hall–Kier alpha value is -3.65. The fraction of sp³-hybridized carbons (Fsp3) is 0.321. The highest BCUT2D eigenvalue weighted by molar-refractivity contribution is 7.22. The number of allylic oxidation sites excluding steroid dienone is 3. The first kappa shape index (κ1) is 24.1. The summed E-state index contributed by atoms with van der Waals surface area (Å²) in [6.07, 6.45) is 1.11. The summed E-state index contributed by atoms with van der Waals surface area (Å²) >= 11 is 1.41. The maximum absolute atomic E-state index is 13.9. The van der Waals surface area contributed by atoms with E-state index in [2.05, 4.69) is 29.5 Å². The number of dihydropyridines is 1. The zero-order chi connectivity index (χ0) is 25.6. The molecule has 7 nitrogen and oxygen atoms in total. The maximum Gasteiger partial charge on any atom is 0.256 e. The Morgan fingerprint density at radius 2 is 1.92 bits per heavy atom. The highest BCUT2D eigenvalue weighted by Crippen LogP contribution is 2.49. The van der Waals surface area contributed by atoms with Gasteiger partial charge >= 0.3 is 0 Å². The number of ketones is 1. The Labute approximate surface area is 214 Å². The van der Waals surface area contributed by atoms with Crippen molar-refractivity contribution >= 4 is 38.4 Å².